The first-order valence-corrected chi connectivity index (χ1v) is 7.93. The van der Waals surface area contributed by atoms with Gasteiger partial charge in [0.25, 0.3) is 0 Å². The Kier molecular flexibility index (Phi) is 6.52. The molecule has 1 unspecified atom stereocenters. The molecule has 1 aromatic rings. The van der Waals surface area contributed by atoms with Gasteiger partial charge >= 0.3 is 0 Å². The number of ether oxygens (including phenoxy) is 1. The zero-order valence-electron chi connectivity index (χ0n) is 13.4. The van der Waals surface area contributed by atoms with Crippen molar-refractivity contribution in [1.82, 2.24) is 10.2 Å². The third-order valence-corrected chi connectivity index (χ3v) is 3.91. The Hall–Kier alpha value is -1.95. The molecule has 2 rings (SSSR count). The van der Waals surface area contributed by atoms with Gasteiger partial charge in [0.15, 0.2) is 0 Å². The molecule has 1 atom stereocenters. The highest BCUT2D eigenvalue weighted by Crippen LogP contribution is 2.10. The lowest BCUT2D eigenvalue weighted by atomic mass is 10.1. The first kappa shape index (κ1) is 17.4. The van der Waals surface area contributed by atoms with Gasteiger partial charge in [-0.2, -0.15) is 0 Å². The summed E-state index contributed by atoms with van der Waals surface area (Å²) in [5, 5.41) is 2.81. The maximum atomic E-state index is 12.9. The van der Waals surface area contributed by atoms with Gasteiger partial charge in [-0.3, -0.25) is 9.59 Å². The van der Waals surface area contributed by atoms with Gasteiger partial charge in [0.2, 0.25) is 11.8 Å². The van der Waals surface area contributed by atoms with Crippen molar-refractivity contribution in [3.05, 3.63) is 35.6 Å². The summed E-state index contributed by atoms with van der Waals surface area (Å²) >= 11 is 0. The van der Waals surface area contributed by atoms with Gasteiger partial charge in [-0.15, -0.1) is 0 Å². The summed E-state index contributed by atoms with van der Waals surface area (Å²) in [5.41, 5.74) is 0.928. The molecular weight excluding hydrogens is 299 g/mol. The van der Waals surface area contributed by atoms with Crippen LogP contribution in [0.2, 0.25) is 0 Å². The largest absolute Gasteiger partial charge is 0.376 e. The van der Waals surface area contributed by atoms with E-state index in [0.29, 0.717) is 19.5 Å². The van der Waals surface area contributed by atoms with Crippen LogP contribution in [0.5, 0.6) is 0 Å². The summed E-state index contributed by atoms with van der Waals surface area (Å²) in [5.74, 6) is -0.625. The van der Waals surface area contributed by atoms with Gasteiger partial charge in [0.1, 0.15) is 5.82 Å². The van der Waals surface area contributed by atoms with Crippen LogP contribution in [0.1, 0.15) is 25.3 Å². The number of nitrogens with one attached hydrogen (secondary N) is 1. The third kappa shape index (κ3) is 5.98. The number of hydrogen-bond acceptors (Lipinski definition) is 3. The maximum Gasteiger partial charge on any atom is 0.239 e. The average molecular weight is 322 g/mol. The molecule has 0 spiro atoms. The fraction of sp³-hybridized carbons (Fsp3) is 0.529. The molecule has 23 heavy (non-hydrogen) atoms. The van der Waals surface area contributed by atoms with Crippen molar-refractivity contribution in [2.24, 2.45) is 0 Å². The minimum atomic E-state index is -0.286. The quantitative estimate of drug-likeness (QED) is 0.828. The zero-order chi connectivity index (χ0) is 16.7. The van der Waals surface area contributed by atoms with Crippen molar-refractivity contribution in [2.45, 2.75) is 32.3 Å². The predicted octanol–water partition coefficient (Wildman–Crippen LogP) is 1.51. The molecule has 0 bridgehead atoms. The number of halogens is 1. The molecule has 0 radical (unpaired) electrons. The lowest BCUT2D eigenvalue weighted by molar-refractivity contribution is -0.134. The summed E-state index contributed by atoms with van der Waals surface area (Å²) in [6.45, 7) is 3.13. The van der Waals surface area contributed by atoms with Crippen molar-refractivity contribution in [3.8, 4) is 0 Å². The SMILES string of the molecule is CC(=O)N(CCc1ccc(F)cc1)CC(=O)NCC1CCCO1. The highest BCUT2D eigenvalue weighted by atomic mass is 19.1. The van der Waals surface area contributed by atoms with Gasteiger partial charge in [-0.05, 0) is 37.0 Å². The summed E-state index contributed by atoms with van der Waals surface area (Å²) in [7, 11) is 0. The number of hydrogen-bond donors (Lipinski definition) is 1. The molecule has 1 heterocycles. The highest BCUT2D eigenvalue weighted by Gasteiger charge is 2.18. The third-order valence-electron chi connectivity index (χ3n) is 3.91. The number of carbonyl (C=O) groups excluding carboxylic acids is 2. The van der Waals surface area contributed by atoms with Crippen LogP contribution in [-0.2, 0) is 20.7 Å². The second-order valence-corrected chi connectivity index (χ2v) is 5.76. The number of rotatable bonds is 7. The Morgan fingerprint density at radius 1 is 1.35 bits per heavy atom. The van der Waals surface area contributed by atoms with Crippen LogP contribution in [0.3, 0.4) is 0 Å². The highest BCUT2D eigenvalue weighted by molar-refractivity contribution is 5.83. The van der Waals surface area contributed by atoms with Crippen LogP contribution in [0.15, 0.2) is 24.3 Å². The summed E-state index contributed by atoms with van der Waals surface area (Å²) < 4.78 is 18.3. The van der Waals surface area contributed by atoms with Crippen LogP contribution in [0.4, 0.5) is 4.39 Å². The van der Waals surface area contributed by atoms with E-state index >= 15 is 0 Å². The van der Waals surface area contributed by atoms with Crippen LogP contribution in [0.25, 0.3) is 0 Å². The standard InChI is InChI=1S/C17H23FN2O3/c1-13(21)20(9-8-14-4-6-15(18)7-5-14)12-17(22)19-11-16-3-2-10-23-16/h4-7,16H,2-3,8-12H2,1H3,(H,19,22). The Morgan fingerprint density at radius 2 is 2.09 bits per heavy atom. The van der Waals surface area contributed by atoms with Crippen LogP contribution in [0, 0.1) is 5.82 Å². The lowest BCUT2D eigenvalue weighted by Gasteiger charge is -2.21. The van der Waals surface area contributed by atoms with Crippen molar-refractivity contribution < 1.29 is 18.7 Å². The molecule has 126 valence electrons. The molecule has 6 heteroatoms. The van der Waals surface area contributed by atoms with Gasteiger partial charge in [-0.25, -0.2) is 4.39 Å². The average Bonchev–Trinajstić information content (AvgIpc) is 3.04. The Labute approximate surface area is 135 Å². The van der Waals surface area contributed by atoms with Gasteiger partial charge in [-0.1, -0.05) is 12.1 Å². The second-order valence-electron chi connectivity index (χ2n) is 5.76. The predicted molar refractivity (Wildman–Crippen MR) is 84.3 cm³/mol. The van der Waals surface area contributed by atoms with E-state index in [9.17, 15) is 14.0 Å². The lowest BCUT2D eigenvalue weighted by Crippen LogP contribution is -2.42. The van der Waals surface area contributed by atoms with Crippen LogP contribution in [-0.4, -0.2) is 49.1 Å². The van der Waals surface area contributed by atoms with Crippen LogP contribution < -0.4 is 5.32 Å². The minimum Gasteiger partial charge on any atom is -0.376 e. The van der Waals surface area contributed by atoms with Crippen molar-refractivity contribution in [3.63, 3.8) is 0 Å². The van der Waals surface area contributed by atoms with E-state index < -0.39 is 0 Å². The van der Waals surface area contributed by atoms with Crippen molar-refractivity contribution >= 4 is 11.8 Å². The fourth-order valence-corrected chi connectivity index (χ4v) is 2.53. The fourth-order valence-electron chi connectivity index (χ4n) is 2.53. The summed E-state index contributed by atoms with van der Waals surface area (Å²) in [6, 6.07) is 6.15. The zero-order valence-corrected chi connectivity index (χ0v) is 13.4. The maximum absolute atomic E-state index is 12.9. The molecule has 1 saturated heterocycles. The second kappa shape index (κ2) is 8.62. The van der Waals surface area contributed by atoms with E-state index in [1.807, 2.05) is 0 Å². The first-order valence-electron chi connectivity index (χ1n) is 7.93. The number of carbonyl (C=O) groups is 2. The Balaban J connectivity index is 1.77. The van der Waals surface area contributed by atoms with Crippen LogP contribution >= 0.6 is 0 Å². The van der Waals surface area contributed by atoms with Gasteiger partial charge in [0.05, 0.1) is 12.6 Å². The monoisotopic (exact) mass is 322 g/mol. The summed E-state index contributed by atoms with van der Waals surface area (Å²) in [6.07, 6.45) is 2.65. The normalized spacial score (nSPS) is 17.0. The number of benzene rings is 1. The molecule has 1 fully saturated rings. The number of amides is 2. The summed E-state index contributed by atoms with van der Waals surface area (Å²) in [4.78, 5) is 25.1. The van der Waals surface area contributed by atoms with E-state index in [1.54, 1.807) is 12.1 Å². The van der Waals surface area contributed by atoms with E-state index in [1.165, 1.54) is 24.0 Å². The molecule has 1 aliphatic heterocycles. The molecular formula is C17H23FN2O3. The molecule has 0 aliphatic carbocycles. The molecule has 1 N–H and O–H groups in total. The molecule has 5 nitrogen and oxygen atoms in total. The van der Waals surface area contributed by atoms with Gasteiger partial charge in [0, 0.05) is 26.6 Å². The van der Waals surface area contributed by atoms with E-state index in [-0.39, 0.29) is 30.3 Å². The topological polar surface area (TPSA) is 58.6 Å². The van der Waals surface area contributed by atoms with Crippen molar-refractivity contribution in [1.29, 1.82) is 0 Å². The minimum absolute atomic E-state index is 0.0310. The number of nitrogens with zero attached hydrogens (tertiary/aromatic N) is 1. The molecule has 0 saturated carbocycles. The molecule has 2 amide bonds. The molecule has 1 aromatic carbocycles. The molecule has 1 aliphatic rings. The van der Waals surface area contributed by atoms with E-state index in [0.717, 1.165) is 25.0 Å². The first-order chi connectivity index (χ1) is 11.0. The Morgan fingerprint density at radius 3 is 2.70 bits per heavy atom. The smallest absolute Gasteiger partial charge is 0.239 e. The van der Waals surface area contributed by atoms with E-state index in [4.69, 9.17) is 4.74 Å². The van der Waals surface area contributed by atoms with E-state index in [2.05, 4.69) is 5.32 Å². The molecule has 0 aromatic heterocycles. The Bertz CT molecular complexity index is 527. The van der Waals surface area contributed by atoms with Gasteiger partial charge < -0.3 is 15.0 Å². The van der Waals surface area contributed by atoms with Crippen molar-refractivity contribution in [2.75, 3.05) is 26.2 Å².